The number of ether oxygens (including phenoxy) is 1. The van der Waals surface area contributed by atoms with Gasteiger partial charge in [0.15, 0.2) is 0 Å². The Labute approximate surface area is 139 Å². The van der Waals surface area contributed by atoms with E-state index in [1.807, 2.05) is 0 Å². The van der Waals surface area contributed by atoms with Crippen molar-refractivity contribution in [3.05, 3.63) is 35.9 Å². The highest BCUT2D eigenvalue weighted by molar-refractivity contribution is 5.78. The molecule has 0 bridgehead atoms. The zero-order chi connectivity index (χ0) is 16.9. The Morgan fingerprint density at radius 3 is 2.96 bits per heavy atom. The summed E-state index contributed by atoms with van der Waals surface area (Å²) in [5.41, 5.74) is 1.17. The van der Waals surface area contributed by atoms with E-state index >= 15 is 0 Å². The molecule has 1 aliphatic heterocycles. The summed E-state index contributed by atoms with van der Waals surface area (Å²) >= 11 is 0. The maximum atomic E-state index is 12.4. The van der Waals surface area contributed by atoms with Gasteiger partial charge in [-0.25, -0.2) is 4.63 Å². The zero-order valence-electron chi connectivity index (χ0n) is 13.5. The van der Waals surface area contributed by atoms with Crippen LogP contribution in [-0.2, 0) is 11.2 Å². The second-order valence-electron chi connectivity index (χ2n) is 5.84. The normalized spacial score (nSPS) is 21.3. The number of amides is 1. The maximum absolute atomic E-state index is 12.4. The summed E-state index contributed by atoms with van der Waals surface area (Å²) in [5.74, 6) is 0.564. The summed E-state index contributed by atoms with van der Waals surface area (Å²) in [4.78, 5) is 18.2. The summed E-state index contributed by atoms with van der Waals surface area (Å²) in [7, 11) is 0. The van der Waals surface area contributed by atoms with Crippen molar-refractivity contribution in [2.24, 2.45) is 0 Å². The monoisotopic (exact) mass is 332 g/mol. The van der Waals surface area contributed by atoms with Crippen molar-refractivity contribution in [3.63, 3.8) is 0 Å². The van der Waals surface area contributed by atoms with Crippen molar-refractivity contribution in [1.82, 2.24) is 20.2 Å². The Kier molecular flexibility index (Phi) is 5.05. The lowest BCUT2D eigenvalue weighted by molar-refractivity contribution is -0.130. The minimum Gasteiger partial charge on any atom is -0.486 e. The Morgan fingerprint density at radius 2 is 2.25 bits per heavy atom. The molecule has 0 aromatic carbocycles. The molecule has 1 amide bonds. The number of aryl methyl sites for hydroxylation is 1. The minimum atomic E-state index is -0.626. The van der Waals surface area contributed by atoms with Gasteiger partial charge in [-0.3, -0.25) is 9.78 Å². The van der Waals surface area contributed by atoms with Crippen LogP contribution in [0.1, 0.15) is 24.2 Å². The lowest BCUT2D eigenvalue weighted by Gasteiger charge is -2.21. The third-order valence-corrected chi connectivity index (χ3v) is 4.15. The molecule has 2 aromatic heterocycles. The molecule has 128 valence electrons. The van der Waals surface area contributed by atoms with Crippen LogP contribution in [0.2, 0.25) is 0 Å². The molecule has 2 aromatic rings. The first-order valence-corrected chi connectivity index (χ1v) is 7.94. The first-order valence-electron chi connectivity index (χ1n) is 7.94. The van der Waals surface area contributed by atoms with Gasteiger partial charge in [0.1, 0.15) is 23.2 Å². The van der Waals surface area contributed by atoms with Crippen LogP contribution in [0.3, 0.4) is 0 Å². The molecule has 2 atom stereocenters. The molecule has 0 aliphatic carbocycles. The smallest absolute Gasteiger partial charge is 0.228 e. The molecule has 1 aliphatic rings. The van der Waals surface area contributed by atoms with Crippen LogP contribution < -0.4 is 4.74 Å². The lowest BCUT2D eigenvalue weighted by atomic mass is 10.1. The zero-order valence-corrected chi connectivity index (χ0v) is 13.5. The fraction of sp³-hybridized carbons (Fsp3) is 0.500. The van der Waals surface area contributed by atoms with Gasteiger partial charge >= 0.3 is 0 Å². The fourth-order valence-electron chi connectivity index (χ4n) is 2.70. The number of aliphatic hydroxyl groups is 1. The van der Waals surface area contributed by atoms with Crippen LogP contribution in [0, 0.1) is 6.92 Å². The Bertz CT molecular complexity index is 676. The summed E-state index contributed by atoms with van der Waals surface area (Å²) in [6.45, 7) is 2.76. The highest BCUT2D eigenvalue weighted by Gasteiger charge is 2.29. The van der Waals surface area contributed by atoms with Crippen LogP contribution in [-0.4, -0.2) is 56.5 Å². The summed E-state index contributed by atoms with van der Waals surface area (Å²) < 4.78 is 10.4. The van der Waals surface area contributed by atoms with Gasteiger partial charge in [0.2, 0.25) is 5.91 Å². The van der Waals surface area contributed by atoms with E-state index in [1.165, 1.54) is 0 Å². The first kappa shape index (κ1) is 16.4. The number of hydrogen-bond acceptors (Lipinski definition) is 7. The largest absolute Gasteiger partial charge is 0.486 e. The van der Waals surface area contributed by atoms with E-state index in [0.29, 0.717) is 43.1 Å². The summed E-state index contributed by atoms with van der Waals surface area (Å²) in [5, 5.41) is 17.7. The number of nitrogens with zero attached hydrogens (tertiary/aromatic N) is 4. The molecule has 1 N–H and O–H groups in total. The molecule has 0 radical (unpaired) electrons. The summed E-state index contributed by atoms with van der Waals surface area (Å²) in [6.07, 6.45) is 3.46. The topological polar surface area (TPSA) is 102 Å². The lowest BCUT2D eigenvalue weighted by Crippen LogP contribution is -2.34. The number of pyridine rings is 1. The molecule has 8 nitrogen and oxygen atoms in total. The van der Waals surface area contributed by atoms with Crippen LogP contribution in [0.15, 0.2) is 29.2 Å². The quantitative estimate of drug-likeness (QED) is 0.881. The predicted octanol–water partition coefficient (Wildman–Crippen LogP) is 0.746. The number of hydrogen-bond donors (Lipinski definition) is 1. The highest BCUT2D eigenvalue weighted by Crippen LogP contribution is 2.19. The van der Waals surface area contributed by atoms with Crippen molar-refractivity contribution in [2.75, 3.05) is 13.1 Å². The molecular weight excluding hydrogens is 312 g/mol. The third-order valence-electron chi connectivity index (χ3n) is 4.15. The van der Waals surface area contributed by atoms with Crippen molar-refractivity contribution in [3.8, 4) is 5.75 Å². The Hall–Kier alpha value is -2.48. The average Bonchev–Trinajstić information content (AvgIpc) is 2.89. The standard InChI is InChI=1S/C16H20N4O4/c1-11-13(19-24-18-11)9-16(22)20-7-4-14(21)15(5-8-20)23-12-3-2-6-17-10-12/h2-3,6,10,14-15,21H,4-5,7-9H2,1H3/t14-,15-/m0/s1. The van der Waals surface area contributed by atoms with Crippen LogP contribution >= 0.6 is 0 Å². The van der Waals surface area contributed by atoms with Gasteiger partial charge in [-0.1, -0.05) is 10.3 Å². The number of carbonyl (C=O) groups is 1. The average molecular weight is 332 g/mol. The van der Waals surface area contributed by atoms with E-state index < -0.39 is 6.10 Å². The predicted molar refractivity (Wildman–Crippen MR) is 83.2 cm³/mol. The van der Waals surface area contributed by atoms with Crippen molar-refractivity contribution in [2.45, 2.75) is 38.4 Å². The molecule has 0 saturated carbocycles. The number of carbonyl (C=O) groups excluding carboxylic acids is 1. The van der Waals surface area contributed by atoms with Gasteiger partial charge in [-0.15, -0.1) is 0 Å². The van der Waals surface area contributed by atoms with Crippen molar-refractivity contribution >= 4 is 5.91 Å². The molecule has 8 heteroatoms. The van der Waals surface area contributed by atoms with Gasteiger partial charge in [-0.05, 0) is 25.5 Å². The van der Waals surface area contributed by atoms with E-state index in [4.69, 9.17) is 4.74 Å². The van der Waals surface area contributed by atoms with Gasteiger partial charge < -0.3 is 14.7 Å². The number of rotatable bonds is 4. The van der Waals surface area contributed by atoms with Gasteiger partial charge in [-0.2, -0.15) is 0 Å². The van der Waals surface area contributed by atoms with Crippen molar-refractivity contribution in [1.29, 1.82) is 0 Å². The molecular formula is C16H20N4O4. The van der Waals surface area contributed by atoms with E-state index in [9.17, 15) is 9.90 Å². The molecule has 3 heterocycles. The number of aromatic nitrogens is 3. The van der Waals surface area contributed by atoms with E-state index in [2.05, 4.69) is 19.9 Å². The van der Waals surface area contributed by atoms with Crippen molar-refractivity contribution < 1.29 is 19.3 Å². The molecule has 1 fully saturated rings. The molecule has 0 unspecified atom stereocenters. The summed E-state index contributed by atoms with van der Waals surface area (Å²) in [6, 6.07) is 3.58. The molecule has 24 heavy (non-hydrogen) atoms. The second kappa shape index (κ2) is 7.39. The second-order valence-corrected chi connectivity index (χ2v) is 5.84. The molecule has 3 rings (SSSR count). The van der Waals surface area contributed by atoms with E-state index in [0.717, 1.165) is 0 Å². The first-order chi connectivity index (χ1) is 11.6. The van der Waals surface area contributed by atoms with Gasteiger partial charge in [0, 0.05) is 25.7 Å². The van der Waals surface area contributed by atoms with Crippen LogP contribution in [0.5, 0.6) is 5.75 Å². The van der Waals surface area contributed by atoms with Gasteiger partial charge in [0.05, 0.1) is 18.7 Å². The SMILES string of the molecule is Cc1nonc1CC(=O)N1CC[C@H](Oc2cccnc2)[C@@H](O)CC1. The third kappa shape index (κ3) is 3.88. The maximum Gasteiger partial charge on any atom is 0.228 e. The highest BCUT2D eigenvalue weighted by atomic mass is 16.6. The minimum absolute atomic E-state index is 0.0528. The molecule has 0 spiro atoms. The van der Waals surface area contributed by atoms with Gasteiger partial charge in [0.25, 0.3) is 0 Å². The fourth-order valence-corrected chi connectivity index (χ4v) is 2.70. The van der Waals surface area contributed by atoms with E-state index in [1.54, 1.807) is 36.4 Å². The number of likely N-dealkylation sites (tertiary alicyclic amines) is 1. The van der Waals surface area contributed by atoms with Crippen LogP contribution in [0.4, 0.5) is 0 Å². The molecule has 1 saturated heterocycles. The number of aliphatic hydroxyl groups excluding tert-OH is 1. The Morgan fingerprint density at radius 1 is 1.42 bits per heavy atom. The Balaban J connectivity index is 1.59. The van der Waals surface area contributed by atoms with E-state index in [-0.39, 0.29) is 18.4 Å². The van der Waals surface area contributed by atoms with Crippen LogP contribution in [0.25, 0.3) is 0 Å².